The number of carbonyl (C=O) groups is 2. The standard InChI is InChI=1S/C35H28O2/c1-23-22-29(36)33-31(25-16-8-4-9-17-25)32(26-18-10-5-11-19-26)34(37)35(33,2)28-21-13-12-20-27(28)30(23)24-14-6-3-7-15-24/h3-21,33H,22H2,1-2H3/b30-23-/t33-,35-/m1/s1. The predicted molar refractivity (Wildman–Crippen MR) is 150 cm³/mol. The summed E-state index contributed by atoms with van der Waals surface area (Å²) in [5.41, 5.74) is 7.34. The minimum Gasteiger partial charge on any atom is -0.299 e. The molecule has 2 heteroatoms. The molecule has 0 radical (unpaired) electrons. The van der Waals surface area contributed by atoms with Crippen molar-refractivity contribution < 1.29 is 9.59 Å². The van der Waals surface area contributed by atoms with Crippen LogP contribution in [0.5, 0.6) is 0 Å². The lowest BCUT2D eigenvalue weighted by Gasteiger charge is -2.36. The van der Waals surface area contributed by atoms with Gasteiger partial charge in [0.15, 0.2) is 5.78 Å². The number of rotatable bonds is 3. The number of hydrogen-bond donors (Lipinski definition) is 0. The molecule has 0 saturated heterocycles. The summed E-state index contributed by atoms with van der Waals surface area (Å²) in [6.07, 6.45) is 0.296. The summed E-state index contributed by atoms with van der Waals surface area (Å²) in [4.78, 5) is 29.1. The van der Waals surface area contributed by atoms with Gasteiger partial charge >= 0.3 is 0 Å². The summed E-state index contributed by atoms with van der Waals surface area (Å²) >= 11 is 0. The lowest BCUT2D eigenvalue weighted by molar-refractivity contribution is -0.127. The lowest BCUT2D eigenvalue weighted by Crippen LogP contribution is -2.42. The molecule has 0 aromatic heterocycles. The predicted octanol–water partition coefficient (Wildman–Crippen LogP) is 7.55. The van der Waals surface area contributed by atoms with Gasteiger partial charge in [0, 0.05) is 12.0 Å². The van der Waals surface area contributed by atoms with E-state index in [0.717, 1.165) is 44.5 Å². The number of carbonyl (C=O) groups excluding carboxylic acids is 2. The number of benzene rings is 4. The Morgan fingerprint density at radius 1 is 0.622 bits per heavy atom. The maximum Gasteiger partial charge on any atom is 0.175 e. The smallest absolute Gasteiger partial charge is 0.175 e. The Labute approximate surface area is 218 Å². The van der Waals surface area contributed by atoms with Crippen molar-refractivity contribution in [2.75, 3.05) is 0 Å². The third-order valence-electron chi connectivity index (χ3n) is 7.99. The van der Waals surface area contributed by atoms with Crippen molar-refractivity contribution >= 4 is 28.3 Å². The average molecular weight is 481 g/mol. The molecule has 0 fully saturated rings. The molecular formula is C35H28O2. The average Bonchev–Trinajstić information content (AvgIpc) is 3.17. The Bertz CT molecular complexity index is 1580. The van der Waals surface area contributed by atoms with Crippen molar-refractivity contribution in [2.24, 2.45) is 5.92 Å². The number of allylic oxidation sites excluding steroid dienone is 3. The van der Waals surface area contributed by atoms with Crippen molar-refractivity contribution in [1.82, 2.24) is 0 Å². The van der Waals surface area contributed by atoms with Crippen LogP contribution in [0, 0.1) is 5.92 Å². The van der Waals surface area contributed by atoms with Crippen LogP contribution in [0.25, 0.3) is 16.7 Å². The second-order valence-corrected chi connectivity index (χ2v) is 10.2. The fourth-order valence-corrected chi connectivity index (χ4v) is 6.37. The van der Waals surface area contributed by atoms with Crippen LogP contribution in [0.3, 0.4) is 0 Å². The zero-order valence-electron chi connectivity index (χ0n) is 21.1. The third kappa shape index (κ3) is 3.55. The first-order valence-electron chi connectivity index (χ1n) is 12.8. The molecule has 0 aliphatic heterocycles. The minimum atomic E-state index is -1.02. The highest BCUT2D eigenvalue weighted by molar-refractivity contribution is 6.38. The van der Waals surface area contributed by atoms with E-state index in [-0.39, 0.29) is 11.6 Å². The van der Waals surface area contributed by atoms with Gasteiger partial charge in [0.25, 0.3) is 0 Å². The van der Waals surface area contributed by atoms with Gasteiger partial charge in [-0.05, 0) is 52.8 Å². The monoisotopic (exact) mass is 480 g/mol. The van der Waals surface area contributed by atoms with Gasteiger partial charge in [0.2, 0.25) is 0 Å². The number of Topliss-reactive ketones (excluding diaryl/α,β-unsaturated/α-hetero) is 2. The summed E-state index contributed by atoms with van der Waals surface area (Å²) in [5.74, 6) is -0.484. The van der Waals surface area contributed by atoms with Gasteiger partial charge in [-0.3, -0.25) is 9.59 Å². The Hall–Kier alpha value is -4.30. The van der Waals surface area contributed by atoms with E-state index in [1.165, 1.54) is 0 Å². The van der Waals surface area contributed by atoms with Gasteiger partial charge in [-0.15, -0.1) is 0 Å². The Kier molecular flexibility index (Phi) is 5.61. The molecule has 0 heterocycles. The largest absolute Gasteiger partial charge is 0.299 e. The lowest BCUT2D eigenvalue weighted by atomic mass is 9.64. The summed E-state index contributed by atoms with van der Waals surface area (Å²) < 4.78 is 0. The van der Waals surface area contributed by atoms with E-state index in [9.17, 15) is 9.59 Å². The number of fused-ring (bicyclic) bond motifs is 3. The van der Waals surface area contributed by atoms with Gasteiger partial charge < -0.3 is 0 Å². The van der Waals surface area contributed by atoms with E-state index in [1.807, 2.05) is 104 Å². The summed E-state index contributed by atoms with van der Waals surface area (Å²) in [6.45, 7) is 4.04. The SMILES string of the molecule is C/C1=C(\c2ccccc2)c2ccccc2[C@@]2(C)C(=O)C(c3ccccc3)=C(c3ccccc3)[C@H]2C(=O)C1. The van der Waals surface area contributed by atoms with Gasteiger partial charge in [-0.25, -0.2) is 0 Å². The molecule has 37 heavy (non-hydrogen) atoms. The maximum absolute atomic E-state index is 14.7. The first-order valence-corrected chi connectivity index (χ1v) is 12.8. The fourth-order valence-electron chi connectivity index (χ4n) is 6.37. The molecule has 0 amide bonds. The third-order valence-corrected chi connectivity index (χ3v) is 7.99. The number of hydrogen-bond acceptors (Lipinski definition) is 2. The Morgan fingerprint density at radius 3 is 1.70 bits per heavy atom. The highest BCUT2D eigenvalue weighted by Gasteiger charge is 2.56. The zero-order chi connectivity index (χ0) is 25.6. The normalized spacial score (nSPS) is 23.4. The molecule has 0 spiro atoms. The van der Waals surface area contributed by atoms with Crippen molar-refractivity contribution in [3.8, 4) is 0 Å². The van der Waals surface area contributed by atoms with E-state index >= 15 is 0 Å². The topological polar surface area (TPSA) is 34.1 Å². The van der Waals surface area contributed by atoms with E-state index in [0.29, 0.717) is 12.0 Å². The fraction of sp³-hybridized carbons (Fsp3) is 0.143. The minimum absolute atomic E-state index is 0.00955. The summed E-state index contributed by atoms with van der Waals surface area (Å²) in [6, 6.07) is 38.2. The quantitative estimate of drug-likeness (QED) is 0.303. The molecule has 2 atom stereocenters. The second-order valence-electron chi connectivity index (χ2n) is 10.2. The highest BCUT2D eigenvalue weighted by atomic mass is 16.1. The van der Waals surface area contributed by atoms with Gasteiger partial charge in [0.05, 0.1) is 11.3 Å². The van der Waals surface area contributed by atoms with Crippen LogP contribution < -0.4 is 0 Å². The summed E-state index contributed by atoms with van der Waals surface area (Å²) in [5, 5.41) is 0. The van der Waals surface area contributed by atoms with Crippen LogP contribution in [-0.4, -0.2) is 11.6 Å². The van der Waals surface area contributed by atoms with Crippen molar-refractivity contribution in [3.63, 3.8) is 0 Å². The molecule has 0 saturated carbocycles. The van der Waals surface area contributed by atoms with E-state index in [4.69, 9.17) is 0 Å². The van der Waals surface area contributed by atoms with Gasteiger partial charge in [0.1, 0.15) is 5.78 Å². The summed E-state index contributed by atoms with van der Waals surface area (Å²) in [7, 11) is 0. The van der Waals surface area contributed by atoms with Crippen LogP contribution in [0.15, 0.2) is 121 Å². The van der Waals surface area contributed by atoms with Crippen LogP contribution in [0.1, 0.15) is 48.1 Å². The molecule has 2 nitrogen and oxygen atoms in total. The van der Waals surface area contributed by atoms with Gasteiger partial charge in [-0.1, -0.05) is 121 Å². The Morgan fingerprint density at radius 2 is 1.11 bits per heavy atom. The molecule has 2 aliphatic carbocycles. The molecule has 0 N–H and O–H groups in total. The maximum atomic E-state index is 14.7. The van der Waals surface area contributed by atoms with E-state index in [2.05, 4.69) is 25.1 Å². The van der Waals surface area contributed by atoms with Crippen LogP contribution in [0.4, 0.5) is 0 Å². The second kappa shape index (κ2) is 8.97. The van der Waals surface area contributed by atoms with Crippen LogP contribution in [-0.2, 0) is 15.0 Å². The van der Waals surface area contributed by atoms with Crippen molar-refractivity contribution in [2.45, 2.75) is 25.7 Å². The van der Waals surface area contributed by atoms with Crippen LogP contribution in [0.2, 0.25) is 0 Å². The molecule has 6 rings (SSSR count). The molecule has 4 aromatic carbocycles. The van der Waals surface area contributed by atoms with Gasteiger partial charge in [-0.2, -0.15) is 0 Å². The zero-order valence-corrected chi connectivity index (χ0v) is 21.1. The molecule has 180 valence electrons. The highest BCUT2D eigenvalue weighted by Crippen LogP contribution is 2.56. The first-order chi connectivity index (χ1) is 18.0. The molecule has 4 aromatic rings. The van der Waals surface area contributed by atoms with E-state index < -0.39 is 11.3 Å². The van der Waals surface area contributed by atoms with Crippen LogP contribution >= 0.6 is 0 Å². The molecule has 2 aliphatic rings. The first kappa shape index (κ1) is 23.1. The van der Waals surface area contributed by atoms with Crippen molar-refractivity contribution in [3.05, 3.63) is 149 Å². The van der Waals surface area contributed by atoms with E-state index in [1.54, 1.807) is 0 Å². The Balaban J connectivity index is 1.68. The molecule has 0 bridgehead atoms. The molecule has 0 unspecified atom stereocenters. The van der Waals surface area contributed by atoms with Crippen molar-refractivity contribution in [1.29, 1.82) is 0 Å². The number of ketones is 2. The molecular weight excluding hydrogens is 452 g/mol.